The molecular formula is C22H26N4O2S. The SMILES string of the molecule is COc1ccc(C(=O)CC(Nc2nc(Cc3cccc(C)c3)ns2)C(C)N)cc1. The number of aryl methyl sites for hydroxylation is 1. The molecular weight excluding hydrogens is 384 g/mol. The number of ether oxygens (including phenoxy) is 1. The lowest BCUT2D eigenvalue weighted by atomic mass is 10.00. The highest BCUT2D eigenvalue weighted by Gasteiger charge is 2.20. The van der Waals surface area contributed by atoms with Gasteiger partial charge in [-0.15, -0.1) is 0 Å². The average molecular weight is 411 g/mol. The molecule has 0 bridgehead atoms. The van der Waals surface area contributed by atoms with Gasteiger partial charge in [-0.1, -0.05) is 29.8 Å². The van der Waals surface area contributed by atoms with E-state index in [2.05, 4.69) is 39.8 Å². The number of ketones is 1. The summed E-state index contributed by atoms with van der Waals surface area (Å²) in [5.74, 6) is 1.50. The van der Waals surface area contributed by atoms with Crippen LogP contribution in [0, 0.1) is 6.92 Å². The van der Waals surface area contributed by atoms with E-state index in [-0.39, 0.29) is 24.3 Å². The molecule has 7 heteroatoms. The van der Waals surface area contributed by atoms with Crippen molar-refractivity contribution in [1.82, 2.24) is 9.36 Å². The predicted octanol–water partition coefficient (Wildman–Crippen LogP) is 3.85. The molecule has 3 aromatic rings. The van der Waals surface area contributed by atoms with Gasteiger partial charge in [-0.2, -0.15) is 4.37 Å². The van der Waals surface area contributed by atoms with E-state index in [1.807, 2.05) is 13.0 Å². The van der Waals surface area contributed by atoms with Crippen LogP contribution in [-0.4, -0.2) is 34.3 Å². The summed E-state index contributed by atoms with van der Waals surface area (Å²) in [6.07, 6.45) is 0.949. The van der Waals surface area contributed by atoms with Crippen LogP contribution in [0.15, 0.2) is 48.5 Å². The summed E-state index contributed by atoms with van der Waals surface area (Å²) in [6, 6.07) is 14.9. The van der Waals surface area contributed by atoms with Gasteiger partial charge in [0, 0.05) is 36.0 Å². The van der Waals surface area contributed by atoms with E-state index in [0.29, 0.717) is 17.1 Å². The Balaban J connectivity index is 1.64. The minimum Gasteiger partial charge on any atom is -0.497 e. The van der Waals surface area contributed by atoms with Crippen LogP contribution >= 0.6 is 11.5 Å². The number of anilines is 1. The van der Waals surface area contributed by atoms with Gasteiger partial charge in [0.1, 0.15) is 11.6 Å². The number of hydrogen-bond donors (Lipinski definition) is 2. The number of benzene rings is 2. The molecule has 29 heavy (non-hydrogen) atoms. The van der Waals surface area contributed by atoms with Gasteiger partial charge in [-0.25, -0.2) is 4.98 Å². The Bertz CT molecular complexity index is 953. The first-order chi connectivity index (χ1) is 13.9. The van der Waals surface area contributed by atoms with Crippen molar-refractivity contribution in [2.45, 2.75) is 38.8 Å². The molecule has 2 aromatic carbocycles. The van der Waals surface area contributed by atoms with Gasteiger partial charge in [0.05, 0.1) is 13.2 Å². The van der Waals surface area contributed by atoms with Crippen molar-refractivity contribution in [3.05, 3.63) is 71.0 Å². The van der Waals surface area contributed by atoms with Crippen molar-refractivity contribution in [2.75, 3.05) is 12.4 Å². The molecule has 3 N–H and O–H groups in total. The maximum absolute atomic E-state index is 12.7. The van der Waals surface area contributed by atoms with Gasteiger partial charge in [0.2, 0.25) is 5.13 Å². The Morgan fingerprint density at radius 1 is 1.24 bits per heavy atom. The molecule has 0 saturated carbocycles. The summed E-state index contributed by atoms with van der Waals surface area (Å²) in [7, 11) is 1.60. The lowest BCUT2D eigenvalue weighted by Gasteiger charge is -2.21. The molecule has 0 aliphatic heterocycles. The Morgan fingerprint density at radius 2 is 2.00 bits per heavy atom. The van der Waals surface area contributed by atoms with Crippen molar-refractivity contribution in [3.8, 4) is 5.75 Å². The molecule has 2 atom stereocenters. The van der Waals surface area contributed by atoms with Gasteiger partial charge in [-0.05, 0) is 43.7 Å². The fourth-order valence-corrected chi connectivity index (χ4v) is 3.66. The molecule has 152 valence electrons. The molecule has 1 aromatic heterocycles. The fourth-order valence-electron chi connectivity index (χ4n) is 3.01. The van der Waals surface area contributed by atoms with Crippen molar-refractivity contribution in [2.24, 2.45) is 5.73 Å². The first kappa shape index (κ1) is 21.0. The minimum atomic E-state index is -0.232. The van der Waals surface area contributed by atoms with Crippen LogP contribution in [0.5, 0.6) is 5.75 Å². The lowest BCUT2D eigenvalue weighted by molar-refractivity contribution is 0.0974. The molecule has 6 nitrogen and oxygen atoms in total. The summed E-state index contributed by atoms with van der Waals surface area (Å²) in [5.41, 5.74) is 9.15. The second-order valence-corrected chi connectivity index (χ2v) is 7.90. The zero-order valence-corrected chi connectivity index (χ0v) is 17.7. The highest BCUT2D eigenvalue weighted by atomic mass is 32.1. The molecule has 0 saturated heterocycles. The van der Waals surface area contributed by atoms with E-state index in [9.17, 15) is 4.79 Å². The molecule has 0 aliphatic rings. The lowest BCUT2D eigenvalue weighted by Crippen LogP contribution is -2.39. The van der Waals surface area contributed by atoms with Crippen LogP contribution < -0.4 is 15.8 Å². The summed E-state index contributed by atoms with van der Waals surface area (Å²) in [4.78, 5) is 17.2. The Labute approximate surface area is 175 Å². The summed E-state index contributed by atoms with van der Waals surface area (Å²) < 4.78 is 9.58. The van der Waals surface area contributed by atoms with Crippen LogP contribution in [-0.2, 0) is 6.42 Å². The van der Waals surface area contributed by atoms with Crippen molar-refractivity contribution < 1.29 is 9.53 Å². The van der Waals surface area contributed by atoms with Crippen molar-refractivity contribution >= 4 is 22.4 Å². The third-order valence-electron chi connectivity index (χ3n) is 4.67. The zero-order chi connectivity index (χ0) is 20.8. The number of nitrogens with one attached hydrogen (secondary N) is 1. The van der Waals surface area contributed by atoms with Gasteiger partial charge >= 0.3 is 0 Å². The van der Waals surface area contributed by atoms with E-state index < -0.39 is 0 Å². The van der Waals surface area contributed by atoms with Gasteiger partial charge < -0.3 is 15.8 Å². The normalized spacial score (nSPS) is 13.0. The van der Waals surface area contributed by atoms with Crippen LogP contribution in [0.4, 0.5) is 5.13 Å². The first-order valence-corrected chi connectivity index (χ1v) is 10.3. The Morgan fingerprint density at radius 3 is 2.66 bits per heavy atom. The third-order valence-corrected chi connectivity index (χ3v) is 5.36. The van der Waals surface area contributed by atoms with Crippen LogP contribution in [0.25, 0.3) is 0 Å². The third kappa shape index (κ3) is 5.85. The maximum Gasteiger partial charge on any atom is 0.202 e. The summed E-state index contributed by atoms with van der Waals surface area (Å²) in [5, 5.41) is 3.97. The number of Topliss-reactive ketones (excluding diaryl/α,β-unsaturated/α-hetero) is 1. The molecule has 0 radical (unpaired) electrons. The van der Waals surface area contributed by atoms with E-state index in [4.69, 9.17) is 10.5 Å². The standard InChI is InChI=1S/C22H26N4O2S/c1-14-5-4-6-16(11-14)12-21-25-22(29-26-21)24-19(15(2)23)13-20(27)17-7-9-18(28-3)10-8-17/h4-11,15,19H,12-13,23H2,1-3H3,(H,24,25,26). The number of aromatic nitrogens is 2. The Kier molecular flexibility index (Phi) is 6.95. The second-order valence-electron chi connectivity index (χ2n) is 7.15. The molecule has 0 fully saturated rings. The van der Waals surface area contributed by atoms with Gasteiger partial charge in [0.25, 0.3) is 0 Å². The van der Waals surface area contributed by atoms with E-state index in [0.717, 1.165) is 11.6 Å². The number of hydrogen-bond acceptors (Lipinski definition) is 7. The highest BCUT2D eigenvalue weighted by molar-refractivity contribution is 7.09. The smallest absolute Gasteiger partial charge is 0.202 e. The minimum absolute atomic E-state index is 0.0203. The quantitative estimate of drug-likeness (QED) is 0.521. The van der Waals surface area contributed by atoms with E-state index in [1.165, 1.54) is 22.7 Å². The van der Waals surface area contributed by atoms with Crippen molar-refractivity contribution in [3.63, 3.8) is 0 Å². The number of carbonyl (C=O) groups excluding carboxylic acids is 1. The molecule has 0 amide bonds. The zero-order valence-electron chi connectivity index (χ0n) is 16.9. The molecule has 0 spiro atoms. The molecule has 1 heterocycles. The van der Waals surface area contributed by atoms with E-state index >= 15 is 0 Å². The van der Waals surface area contributed by atoms with Gasteiger partial charge in [0.15, 0.2) is 5.78 Å². The Hall–Kier alpha value is -2.77. The van der Waals surface area contributed by atoms with Crippen molar-refractivity contribution in [1.29, 1.82) is 0 Å². The number of carbonyl (C=O) groups is 1. The number of methoxy groups -OCH3 is 1. The topological polar surface area (TPSA) is 90.1 Å². The molecule has 3 rings (SSSR count). The summed E-state index contributed by atoms with van der Waals surface area (Å²) in [6.45, 7) is 3.95. The van der Waals surface area contributed by atoms with Gasteiger partial charge in [-0.3, -0.25) is 4.79 Å². The van der Waals surface area contributed by atoms with Crippen LogP contribution in [0.2, 0.25) is 0 Å². The summed E-state index contributed by atoms with van der Waals surface area (Å²) >= 11 is 1.29. The van der Waals surface area contributed by atoms with Crippen LogP contribution in [0.3, 0.4) is 0 Å². The van der Waals surface area contributed by atoms with E-state index in [1.54, 1.807) is 31.4 Å². The largest absolute Gasteiger partial charge is 0.497 e. The predicted molar refractivity (Wildman–Crippen MR) is 117 cm³/mol. The highest BCUT2D eigenvalue weighted by Crippen LogP contribution is 2.19. The number of nitrogens with two attached hydrogens (primary N) is 1. The molecule has 2 unspecified atom stereocenters. The fraction of sp³-hybridized carbons (Fsp3) is 0.318. The second kappa shape index (κ2) is 9.62. The maximum atomic E-state index is 12.7. The first-order valence-electron chi connectivity index (χ1n) is 9.52. The average Bonchev–Trinajstić information content (AvgIpc) is 3.14. The monoisotopic (exact) mass is 410 g/mol. The number of nitrogens with zero attached hydrogens (tertiary/aromatic N) is 2. The van der Waals surface area contributed by atoms with Crippen LogP contribution in [0.1, 0.15) is 40.7 Å². The number of rotatable bonds is 9. The molecule has 0 aliphatic carbocycles.